The minimum Gasteiger partial charge on any atom is -0.493 e. The van der Waals surface area contributed by atoms with E-state index in [1.807, 2.05) is 49.3 Å². The van der Waals surface area contributed by atoms with Crippen LogP contribution in [0.3, 0.4) is 0 Å². The number of ether oxygens (including phenoxy) is 4. The summed E-state index contributed by atoms with van der Waals surface area (Å²) in [7, 11) is 7.27. The van der Waals surface area contributed by atoms with Gasteiger partial charge in [-0.3, -0.25) is 4.79 Å². The number of aromatic amines is 1. The zero-order valence-electron chi connectivity index (χ0n) is 21.1. The predicted octanol–water partition coefficient (Wildman–Crippen LogP) is 2.75. The second-order valence-electron chi connectivity index (χ2n) is 8.81. The van der Waals surface area contributed by atoms with Gasteiger partial charge >= 0.3 is 0 Å². The Bertz CT molecular complexity index is 1290. The predicted molar refractivity (Wildman–Crippen MR) is 144 cm³/mol. The first-order valence-corrected chi connectivity index (χ1v) is 12.1. The van der Waals surface area contributed by atoms with Crippen molar-refractivity contribution in [2.75, 3.05) is 54.7 Å². The molecule has 2 heterocycles. The number of H-pyrrole nitrogens is 1. The van der Waals surface area contributed by atoms with E-state index in [4.69, 9.17) is 31.2 Å². The van der Waals surface area contributed by atoms with Crippen LogP contribution in [0.4, 0.5) is 0 Å². The third kappa shape index (κ3) is 6.00. The summed E-state index contributed by atoms with van der Waals surface area (Å²) < 4.78 is 21.6. The fraction of sp³-hybridized carbons (Fsp3) is 0.385. The molecule has 0 unspecified atom stereocenters. The van der Waals surface area contributed by atoms with Crippen LogP contribution in [0.1, 0.15) is 11.1 Å². The molecule has 0 aliphatic carbocycles. The molecule has 10 heteroatoms. The highest BCUT2D eigenvalue weighted by Gasteiger charge is 2.17. The molecule has 192 valence electrons. The van der Waals surface area contributed by atoms with E-state index < -0.39 is 0 Å². The fourth-order valence-corrected chi connectivity index (χ4v) is 4.26. The Labute approximate surface area is 215 Å². The Hall–Kier alpha value is -3.50. The molecule has 1 aliphatic rings. The third-order valence-corrected chi connectivity index (χ3v) is 6.42. The topological polar surface area (TPSA) is 88.3 Å². The molecule has 0 fully saturated rings. The highest BCUT2D eigenvalue weighted by atomic mass is 32.1. The van der Waals surface area contributed by atoms with E-state index in [2.05, 4.69) is 15.2 Å². The van der Waals surface area contributed by atoms with Gasteiger partial charge in [-0.2, -0.15) is 0 Å². The smallest absolute Gasteiger partial charge is 0.253 e. The summed E-state index contributed by atoms with van der Waals surface area (Å²) in [5.41, 5.74) is 2.30. The Kier molecular flexibility index (Phi) is 8.17. The summed E-state index contributed by atoms with van der Waals surface area (Å²) >= 11 is 5.74. The minimum atomic E-state index is -0.149. The van der Waals surface area contributed by atoms with Crippen molar-refractivity contribution in [3.63, 3.8) is 0 Å². The minimum absolute atomic E-state index is 0.149. The maximum absolute atomic E-state index is 12.9. The van der Waals surface area contributed by atoms with Crippen molar-refractivity contribution < 1.29 is 18.9 Å². The lowest BCUT2D eigenvalue weighted by atomic mass is 10.1. The van der Waals surface area contributed by atoms with Crippen LogP contribution in [-0.2, 0) is 13.0 Å². The normalized spacial score (nSPS) is 12.1. The average molecular weight is 513 g/mol. The first-order valence-electron chi connectivity index (χ1n) is 11.7. The van der Waals surface area contributed by atoms with E-state index in [1.165, 1.54) is 0 Å². The maximum atomic E-state index is 12.9. The van der Waals surface area contributed by atoms with Crippen LogP contribution < -0.4 is 29.8 Å². The van der Waals surface area contributed by atoms with Crippen LogP contribution in [0, 0.1) is 0 Å². The third-order valence-electron chi connectivity index (χ3n) is 6.02. The quantitative estimate of drug-likeness (QED) is 0.398. The Balaban J connectivity index is 1.46. The number of thiocarbonyl (C=S) groups is 1. The van der Waals surface area contributed by atoms with Gasteiger partial charge in [-0.15, -0.1) is 0 Å². The van der Waals surface area contributed by atoms with Gasteiger partial charge in [0.25, 0.3) is 5.56 Å². The summed E-state index contributed by atoms with van der Waals surface area (Å²) in [5.74, 6) is 2.71. The van der Waals surface area contributed by atoms with E-state index >= 15 is 0 Å². The highest BCUT2D eigenvalue weighted by molar-refractivity contribution is 7.80. The SMILES string of the molecule is COc1ccc(CCNC(=S)N(CCN(C)C)Cc2cc3cc4c(cc3[nH]c2=O)OCO4)cc1OC. The lowest BCUT2D eigenvalue weighted by Crippen LogP contribution is -2.43. The number of nitrogens with zero attached hydrogens (tertiary/aromatic N) is 2. The van der Waals surface area contributed by atoms with E-state index in [0.717, 1.165) is 23.9 Å². The number of methoxy groups -OCH3 is 2. The second kappa shape index (κ2) is 11.5. The number of hydrogen-bond donors (Lipinski definition) is 2. The van der Waals surface area contributed by atoms with Crippen molar-refractivity contribution >= 4 is 28.2 Å². The number of likely N-dealkylation sites (N-methyl/N-ethyl adjacent to an activating group) is 1. The van der Waals surface area contributed by atoms with Crippen LogP contribution in [0.5, 0.6) is 23.0 Å². The zero-order valence-corrected chi connectivity index (χ0v) is 21.9. The fourth-order valence-electron chi connectivity index (χ4n) is 4.00. The molecule has 0 atom stereocenters. The Morgan fingerprint density at radius 2 is 1.81 bits per heavy atom. The standard InChI is InChI=1S/C26H32N4O5S/c1-29(2)9-10-30(26(36)27-8-7-17-5-6-21(32-3)22(11-17)33-4)15-19-12-18-13-23-24(35-16-34-23)14-20(18)28-25(19)31/h5-6,11-14H,7-10,15-16H2,1-4H3,(H,27,36)(H,28,31). The van der Waals surface area contributed by atoms with Crippen LogP contribution in [0.15, 0.2) is 41.2 Å². The molecule has 2 aromatic carbocycles. The summed E-state index contributed by atoms with van der Waals surface area (Å²) in [4.78, 5) is 20.0. The van der Waals surface area contributed by atoms with Gasteiger partial charge in [0.2, 0.25) is 6.79 Å². The molecule has 0 saturated heterocycles. The first-order chi connectivity index (χ1) is 17.4. The van der Waals surface area contributed by atoms with Crippen LogP contribution in [0.2, 0.25) is 0 Å². The van der Waals surface area contributed by atoms with Gasteiger partial charge in [0.05, 0.1) is 26.3 Å². The zero-order chi connectivity index (χ0) is 25.7. The van der Waals surface area contributed by atoms with E-state index in [1.54, 1.807) is 20.3 Å². The van der Waals surface area contributed by atoms with Gasteiger partial charge in [-0.25, -0.2) is 0 Å². The summed E-state index contributed by atoms with van der Waals surface area (Å²) in [6, 6.07) is 11.5. The van der Waals surface area contributed by atoms with Crippen molar-refractivity contribution in [3.8, 4) is 23.0 Å². The van der Waals surface area contributed by atoms with Crippen molar-refractivity contribution in [1.29, 1.82) is 0 Å². The molecule has 36 heavy (non-hydrogen) atoms. The number of rotatable bonds is 10. The van der Waals surface area contributed by atoms with Crippen molar-refractivity contribution in [3.05, 3.63) is 57.9 Å². The van der Waals surface area contributed by atoms with Gasteiger partial charge in [0.1, 0.15) is 0 Å². The average Bonchev–Trinajstić information content (AvgIpc) is 3.32. The van der Waals surface area contributed by atoms with Crippen molar-refractivity contribution in [2.24, 2.45) is 0 Å². The number of aromatic nitrogens is 1. The molecule has 0 spiro atoms. The molecule has 2 N–H and O–H groups in total. The van der Waals surface area contributed by atoms with Crippen LogP contribution in [-0.4, -0.2) is 74.6 Å². The Morgan fingerprint density at radius 1 is 1.06 bits per heavy atom. The summed E-state index contributed by atoms with van der Waals surface area (Å²) in [6.07, 6.45) is 0.756. The Morgan fingerprint density at radius 3 is 2.53 bits per heavy atom. The number of hydrogen-bond acceptors (Lipinski definition) is 7. The van der Waals surface area contributed by atoms with Gasteiger partial charge in [0, 0.05) is 36.7 Å². The molecule has 1 aromatic heterocycles. The van der Waals surface area contributed by atoms with Gasteiger partial charge in [-0.1, -0.05) is 6.07 Å². The largest absolute Gasteiger partial charge is 0.493 e. The van der Waals surface area contributed by atoms with Crippen LogP contribution >= 0.6 is 12.2 Å². The summed E-state index contributed by atoms with van der Waals surface area (Å²) in [5, 5.41) is 4.83. The van der Waals surface area contributed by atoms with Gasteiger partial charge < -0.3 is 39.0 Å². The van der Waals surface area contributed by atoms with E-state index in [-0.39, 0.29) is 12.4 Å². The maximum Gasteiger partial charge on any atom is 0.253 e. The summed E-state index contributed by atoms with van der Waals surface area (Å²) in [6.45, 7) is 2.68. The molecule has 1 aliphatic heterocycles. The van der Waals surface area contributed by atoms with Crippen molar-refractivity contribution in [2.45, 2.75) is 13.0 Å². The van der Waals surface area contributed by atoms with E-state index in [0.29, 0.717) is 58.8 Å². The highest BCUT2D eigenvalue weighted by Crippen LogP contribution is 2.35. The van der Waals surface area contributed by atoms with Crippen molar-refractivity contribution in [1.82, 2.24) is 20.1 Å². The molecule has 0 radical (unpaired) electrons. The molecule has 0 saturated carbocycles. The molecular formula is C26H32N4O5S. The monoisotopic (exact) mass is 512 g/mol. The molecule has 3 aromatic rings. The van der Waals surface area contributed by atoms with Gasteiger partial charge in [0.15, 0.2) is 28.1 Å². The molecule has 0 bridgehead atoms. The first kappa shape index (κ1) is 25.6. The molecule has 9 nitrogen and oxygen atoms in total. The van der Waals surface area contributed by atoms with Gasteiger partial charge in [-0.05, 0) is 62.6 Å². The van der Waals surface area contributed by atoms with Crippen LogP contribution in [0.25, 0.3) is 10.9 Å². The van der Waals surface area contributed by atoms with E-state index in [9.17, 15) is 4.79 Å². The molecule has 0 amide bonds. The lowest BCUT2D eigenvalue weighted by molar-refractivity contribution is 0.174. The number of nitrogens with one attached hydrogen (secondary N) is 2. The molecular weight excluding hydrogens is 480 g/mol. The second-order valence-corrected chi connectivity index (χ2v) is 9.20. The number of fused-ring (bicyclic) bond motifs is 2. The number of benzene rings is 2. The number of pyridine rings is 1. The lowest BCUT2D eigenvalue weighted by Gasteiger charge is -2.27. The molecule has 4 rings (SSSR count).